The van der Waals surface area contributed by atoms with Gasteiger partial charge in [0.05, 0.1) is 6.61 Å². The van der Waals surface area contributed by atoms with Crippen molar-refractivity contribution in [3.8, 4) is 0 Å². The topological polar surface area (TPSA) is 52.3 Å². The Balaban J connectivity index is 2.07. The van der Waals surface area contributed by atoms with Crippen LogP contribution in [0.25, 0.3) is 12.2 Å². The van der Waals surface area contributed by atoms with Gasteiger partial charge in [0.25, 0.3) is 0 Å². The largest absolute Gasteiger partial charge is 0.461 e. The predicted octanol–water partition coefficient (Wildman–Crippen LogP) is 3.02. The van der Waals surface area contributed by atoms with Crippen molar-refractivity contribution in [3.05, 3.63) is 53.4 Å². The number of nitrogens with zero attached hydrogens (tertiary/aromatic N) is 1. The maximum atomic E-state index is 11.4. The maximum Gasteiger partial charge on any atom is 0.360 e. The van der Waals surface area contributed by atoms with Crippen LogP contribution >= 0.6 is 0 Å². The van der Waals surface area contributed by atoms with Crippen molar-refractivity contribution >= 4 is 18.1 Å². The van der Waals surface area contributed by atoms with Crippen LogP contribution in [0.3, 0.4) is 0 Å². The summed E-state index contributed by atoms with van der Waals surface area (Å²) in [6.45, 7) is 2.06. The zero-order chi connectivity index (χ0) is 12.8. The molecule has 1 aromatic heterocycles. The van der Waals surface area contributed by atoms with E-state index in [1.54, 1.807) is 19.1 Å². The van der Waals surface area contributed by atoms with E-state index < -0.39 is 5.97 Å². The van der Waals surface area contributed by atoms with Crippen LogP contribution in [0, 0.1) is 0 Å². The minimum absolute atomic E-state index is 0.185. The Labute approximate surface area is 105 Å². The molecule has 0 radical (unpaired) electrons. The molecule has 0 unspecified atom stereocenters. The van der Waals surface area contributed by atoms with E-state index in [4.69, 9.17) is 9.26 Å². The van der Waals surface area contributed by atoms with E-state index in [0.29, 0.717) is 12.4 Å². The Kier molecular flexibility index (Phi) is 3.91. The first-order valence-corrected chi connectivity index (χ1v) is 5.66. The molecule has 0 aliphatic heterocycles. The van der Waals surface area contributed by atoms with E-state index in [1.807, 2.05) is 36.4 Å². The van der Waals surface area contributed by atoms with Gasteiger partial charge in [-0.1, -0.05) is 41.6 Å². The minimum atomic E-state index is -0.472. The van der Waals surface area contributed by atoms with E-state index in [2.05, 4.69) is 5.16 Å². The molecule has 1 heterocycles. The third-order valence-electron chi connectivity index (χ3n) is 2.25. The third-order valence-corrected chi connectivity index (χ3v) is 2.25. The van der Waals surface area contributed by atoms with Crippen molar-refractivity contribution in [1.29, 1.82) is 0 Å². The number of hydrogen-bond donors (Lipinski definition) is 0. The number of hydrogen-bond acceptors (Lipinski definition) is 4. The van der Waals surface area contributed by atoms with Crippen molar-refractivity contribution < 1.29 is 14.1 Å². The monoisotopic (exact) mass is 243 g/mol. The molecule has 1 aromatic carbocycles. The molecule has 0 saturated carbocycles. The van der Waals surface area contributed by atoms with E-state index >= 15 is 0 Å². The van der Waals surface area contributed by atoms with Crippen molar-refractivity contribution in [2.24, 2.45) is 0 Å². The summed E-state index contributed by atoms with van der Waals surface area (Å²) in [7, 11) is 0. The van der Waals surface area contributed by atoms with E-state index in [0.717, 1.165) is 5.56 Å². The molecule has 0 aliphatic carbocycles. The third kappa shape index (κ3) is 3.07. The highest BCUT2D eigenvalue weighted by atomic mass is 16.5. The van der Waals surface area contributed by atoms with Crippen LogP contribution in [-0.2, 0) is 4.74 Å². The number of aromatic nitrogens is 1. The van der Waals surface area contributed by atoms with Crippen LogP contribution in [0.15, 0.2) is 40.9 Å². The summed E-state index contributed by atoms with van der Waals surface area (Å²) in [4.78, 5) is 11.4. The van der Waals surface area contributed by atoms with Gasteiger partial charge in [-0.15, -0.1) is 0 Å². The molecular weight excluding hydrogens is 230 g/mol. The highest BCUT2D eigenvalue weighted by molar-refractivity contribution is 5.87. The molecule has 0 fully saturated rings. The van der Waals surface area contributed by atoms with Gasteiger partial charge < -0.3 is 9.26 Å². The van der Waals surface area contributed by atoms with Gasteiger partial charge >= 0.3 is 5.97 Å². The van der Waals surface area contributed by atoms with E-state index in [1.165, 1.54) is 0 Å². The van der Waals surface area contributed by atoms with Gasteiger partial charge in [0.15, 0.2) is 11.5 Å². The molecule has 4 heteroatoms. The molecule has 0 spiro atoms. The lowest BCUT2D eigenvalue weighted by Crippen LogP contribution is -2.04. The molecule has 18 heavy (non-hydrogen) atoms. The number of esters is 1. The summed E-state index contributed by atoms with van der Waals surface area (Å²) in [6.07, 6.45) is 3.64. The van der Waals surface area contributed by atoms with Gasteiger partial charge in [-0.05, 0) is 18.6 Å². The Morgan fingerprint density at radius 1 is 1.33 bits per heavy atom. The number of ether oxygens (including phenoxy) is 1. The summed E-state index contributed by atoms with van der Waals surface area (Å²) in [6, 6.07) is 11.3. The zero-order valence-electron chi connectivity index (χ0n) is 10.00. The zero-order valence-corrected chi connectivity index (χ0v) is 10.00. The lowest BCUT2D eigenvalue weighted by Gasteiger charge is -1.94. The van der Waals surface area contributed by atoms with Crippen LogP contribution < -0.4 is 0 Å². The first-order valence-electron chi connectivity index (χ1n) is 5.66. The van der Waals surface area contributed by atoms with Gasteiger partial charge in [0, 0.05) is 6.07 Å². The molecular formula is C14H13NO3. The van der Waals surface area contributed by atoms with Crippen LogP contribution in [0.2, 0.25) is 0 Å². The summed E-state index contributed by atoms with van der Waals surface area (Å²) in [5.41, 5.74) is 1.23. The normalized spacial score (nSPS) is 10.7. The number of carbonyl (C=O) groups excluding carboxylic acids is 1. The molecule has 4 nitrogen and oxygen atoms in total. The number of carbonyl (C=O) groups is 1. The van der Waals surface area contributed by atoms with Crippen LogP contribution in [0.1, 0.15) is 28.7 Å². The van der Waals surface area contributed by atoms with Crippen LogP contribution in [-0.4, -0.2) is 17.7 Å². The smallest absolute Gasteiger partial charge is 0.360 e. The first-order chi connectivity index (χ1) is 8.79. The van der Waals surface area contributed by atoms with Crippen LogP contribution in [0.4, 0.5) is 0 Å². The lowest BCUT2D eigenvalue weighted by atomic mass is 10.2. The molecule has 0 aliphatic rings. The van der Waals surface area contributed by atoms with E-state index in [-0.39, 0.29) is 5.69 Å². The lowest BCUT2D eigenvalue weighted by molar-refractivity contribution is 0.0514. The van der Waals surface area contributed by atoms with E-state index in [9.17, 15) is 4.79 Å². The summed E-state index contributed by atoms with van der Waals surface area (Å²) >= 11 is 0. The van der Waals surface area contributed by atoms with Crippen molar-refractivity contribution in [2.75, 3.05) is 6.61 Å². The quantitative estimate of drug-likeness (QED) is 0.774. The first kappa shape index (κ1) is 12.1. The Hall–Kier alpha value is -2.36. The van der Waals surface area contributed by atoms with Gasteiger partial charge in [0.1, 0.15) is 0 Å². The average Bonchev–Trinajstić information content (AvgIpc) is 2.87. The van der Waals surface area contributed by atoms with Gasteiger partial charge in [-0.3, -0.25) is 0 Å². The molecule has 0 atom stereocenters. The van der Waals surface area contributed by atoms with Crippen molar-refractivity contribution in [3.63, 3.8) is 0 Å². The average molecular weight is 243 g/mol. The van der Waals surface area contributed by atoms with Gasteiger partial charge in [-0.2, -0.15) is 0 Å². The maximum absolute atomic E-state index is 11.4. The highest BCUT2D eigenvalue weighted by Gasteiger charge is 2.11. The second-order valence-corrected chi connectivity index (χ2v) is 3.58. The van der Waals surface area contributed by atoms with Gasteiger partial charge in [0.2, 0.25) is 0 Å². The SMILES string of the molecule is CCOC(=O)c1cc(/C=C/c2ccccc2)on1. The molecule has 0 amide bonds. The van der Waals surface area contributed by atoms with Crippen molar-refractivity contribution in [1.82, 2.24) is 5.16 Å². The molecule has 2 rings (SSSR count). The summed E-state index contributed by atoms with van der Waals surface area (Å²) < 4.78 is 9.83. The fourth-order valence-electron chi connectivity index (χ4n) is 1.41. The summed E-state index contributed by atoms with van der Waals surface area (Å²) in [5, 5.41) is 3.65. The number of rotatable bonds is 4. The fraction of sp³-hybridized carbons (Fsp3) is 0.143. The Bertz CT molecular complexity index is 543. The predicted molar refractivity (Wildman–Crippen MR) is 67.8 cm³/mol. The van der Waals surface area contributed by atoms with Crippen molar-refractivity contribution in [2.45, 2.75) is 6.92 Å². The molecule has 0 bridgehead atoms. The Morgan fingerprint density at radius 3 is 2.83 bits per heavy atom. The molecule has 2 aromatic rings. The highest BCUT2D eigenvalue weighted by Crippen LogP contribution is 2.10. The second kappa shape index (κ2) is 5.82. The summed E-state index contributed by atoms with van der Waals surface area (Å²) in [5.74, 6) is 0.0440. The van der Waals surface area contributed by atoms with Crippen LogP contribution in [0.5, 0.6) is 0 Å². The minimum Gasteiger partial charge on any atom is -0.461 e. The fourth-order valence-corrected chi connectivity index (χ4v) is 1.41. The van der Waals surface area contributed by atoms with Gasteiger partial charge in [-0.25, -0.2) is 4.79 Å². The number of benzene rings is 1. The second-order valence-electron chi connectivity index (χ2n) is 3.58. The molecule has 0 N–H and O–H groups in total. The standard InChI is InChI=1S/C14H13NO3/c1-2-17-14(16)13-10-12(18-15-13)9-8-11-6-4-3-5-7-11/h3-10H,2H2,1H3/b9-8+. The Morgan fingerprint density at radius 2 is 2.11 bits per heavy atom. The molecule has 0 saturated heterocycles. The molecule has 92 valence electrons.